The fraction of sp³-hybridized carbons (Fsp3) is 0.0476. The number of rotatable bonds is 8. The van der Waals surface area contributed by atoms with Crippen LogP contribution in [0.4, 0.5) is 34.1 Å². The Morgan fingerprint density at radius 1 is 0.313 bits per heavy atom. The van der Waals surface area contributed by atoms with Gasteiger partial charge in [-0.1, -0.05) is 178 Å². The molecule has 67 heavy (non-hydrogen) atoms. The van der Waals surface area contributed by atoms with Crippen LogP contribution in [-0.4, -0.2) is 0 Å². The molecule has 0 amide bonds. The second-order valence-corrected chi connectivity index (χ2v) is 18.1. The predicted molar refractivity (Wildman–Crippen MR) is 279 cm³/mol. The van der Waals surface area contributed by atoms with Crippen molar-refractivity contribution in [1.82, 2.24) is 0 Å². The van der Waals surface area contributed by atoms with E-state index in [1.54, 1.807) is 0 Å². The molecule has 4 nitrogen and oxygen atoms in total. The van der Waals surface area contributed by atoms with Crippen LogP contribution in [0.5, 0.6) is 0 Å². The molecule has 0 aliphatic heterocycles. The third-order valence-electron chi connectivity index (χ3n) is 13.9. The van der Waals surface area contributed by atoms with Crippen LogP contribution < -0.4 is 9.80 Å². The molecule has 0 unspecified atom stereocenters. The molecule has 318 valence electrons. The molecule has 0 saturated carbocycles. The molecule has 10 aromatic carbocycles. The molecule has 12 aromatic rings. The Bertz CT molecular complexity index is 3840. The van der Waals surface area contributed by atoms with Crippen molar-refractivity contribution in [2.24, 2.45) is 0 Å². The lowest BCUT2D eigenvalue weighted by Crippen LogP contribution is -2.17. The molecule has 0 bridgehead atoms. The number of hydrogen-bond acceptors (Lipinski definition) is 4. The van der Waals surface area contributed by atoms with Crippen molar-refractivity contribution in [1.29, 1.82) is 0 Å². The van der Waals surface area contributed by atoms with Crippen LogP contribution in [0.25, 0.3) is 77.3 Å². The average molecular weight is 861 g/mol. The fourth-order valence-electron chi connectivity index (χ4n) is 10.6. The quantitative estimate of drug-likeness (QED) is 0.152. The summed E-state index contributed by atoms with van der Waals surface area (Å²) in [5.41, 5.74) is 19.1. The van der Waals surface area contributed by atoms with Crippen molar-refractivity contribution in [2.75, 3.05) is 9.80 Å². The predicted octanol–water partition coefficient (Wildman–Crippen LogP) is 18.1. The minimum absolute atomic E-state index is 0.179. The first kappa shape index (κ1) is 38.8. The van der Waals surface area contributed by atoms with Gasteiger partial charge in [0.1, 0.15) is 11.2 Å². The monoisotopic (exact) mass is 860 g/mol. The number of furan rings is 2. The summed E-state index contributed by atoms with van der Waals surface area (Å²) in [6.07, 6.45) is 0. The van der Waals surface area contributed by atoms with Gasteiger partial charge in [-0.05, 0) is 106 Å². The number of hydrogen-bond donors (Lipinski definition) is 0. The molecule has 0 saturated heterocycles. The van der Waals surface area contributed by atoms with E-state index in [0.29, 0.717) is 0 Å². The van der Waals surface area contributed by atoms with Gasteiger partial charge in [0.25, 0.3) is 0 Å². The third kappa shape index (κ3) is 6.21. The van der Waals surface area contributed by atoms with E-state index in [2.05, 4.69) is 242 Å². The molecule has 0 fully saturated rings. The molecular formula is C63H44N2O2. The number of para-hydroxylation sites is 4. The summed E-state index contributed by atoms with van der Waals surface area (Å²) >= 11 is 0. The van der Waals surface area contributed by atoms with Crippen LogP contribution in [-0.2, 0) is 5.41 Å². The maximum atomic E-state index is 7.43. The van der Waals surface area contributed by atoms with Crippen molar-refractivity contribution in [3.8, 4) is 33.4 Å². The average Bonchev–Trinajstić information content (AvgIpc) is 4.03. The van der Waals surface area contributed by atoms with Gasteiger partial charge in [0.05, 0.1) is 17.1 Å². The minimum atomic E-state index is -0.179. The first-order chi connectivity index (χ1) is 33.0. The summed E-state index contributed by atoms with van der Waals surface area (Å²) in [4.78, 5) is 4.73. The highest BCUT2D eigenvalue weighted by Crippen LogP contribution is 2.53. The van der Waals surface area contributed by atoms with E-state index in [9.17, 15) is 0 Å². The Morgan fingerprint density at radius 2 is 0.836 bits per heavy atom. The van der Waals surface area contributed by atoms with Crippen LogP contribution >= 0.6 is 0 Å². The Morgan fingerprint density at radius 3 is 1.60 bits per heavy atom. The van der Waals surface area contributed by atoms with Crippen LogP contribution in [0.3, 0.4) is 0 Å². The molecule has 2 aromatic heterocycles. The van der Waals surface area contributed by atoms with Crippen molar-refractivity contribution >= 4 is 78.0 Å². The summed E-state index contributed by atoms with van der Waals surface area (Å²) in [5.74, 6) is 0. The zero-order valence-corrected chi connectivity index (χ0v) is 37.2. The van der Waals surface area contributed by atoms with Gasteiger partial charge in [-0.3, -0.25) is 0 Å². The lowest BCUT2D eigenvalue weighted by atomic mass is 9.82. The van der Waals surface area contributed by atoms with Crippen molar-refractivity contribution in [2.45, 2.75) is 19.3 Å². The van der Waals surface area contributed by atoms with Gasteiger partial charge < -0.3 is 18.6 Å². The molecule has 0 N–H and O–H groups in total. The lowest BCUT2D eigenvalue weighted by molar-refractivity contribution is 0.660. The Balaban J connectivity index is 1.04. The first-order valence-electron chi connectivity index (χ1n) is 23.0. The van der Waals surface area contributed by atoms with E-state index in [4.69, 9.17) is 8.83 Å². The summed E-state index contributed by atoms with van der Waals surface area (Å²) in [6.45, 7) is 4.69. The second-order valence-electron chi connectivity index (χ2n) is 18.1. The van der Waals surface area contributed by atoms with E-state index >= 15 is 0 Å². The smallest absolute Gasteiger partial charge is 0.159 e. The summed E-state index contributed by atoms with van der Waals surface area (Å²) in [6, 6.07) is 82.5. The highest BCUT2D eigenvalue weighted by atomic mass is 16.3. The molecule has 13 rings (SSSR count). The van der Waals surface area contributed by atoms with Crippen LogP contribution in [0.15, 0.2) is 239 Å². The van der Waals surface area contributed by atoms with Crippen LogP contribution in [0.1, 0.15) is 25.0 Å². The summed E-state index contributed by atoms with van der Waals surface area (Å²) in [7, 11) is 0. The van der Waals surface area contributed by atoms with Gasteiger partial charge >= 0.3 is 0 Å². The molecule has 1 aliphatic carbocycles. The molecule has 4 heteroatoms. The summed E-state index contributed by atoms with van der Waals surface area (Å²) in [5, 5.41) is 4.23. The third-order valence-corrected chi connectivity index (χ3v) is 13.9. The van der Waals surface area contributed by atoms with Gasteiger partial charge in [0, 0.05) is 49.6 Å². The molecule has 0 atom stereocenters. The van der Waals surface area contributed by atoms with E-state index in [1.165, 1.54) is 27.8 Å². The highest BCUT2D eigenvalue weighted by molar-refractivity contribution is 6.15. The SMILES string of the molecule is CC1(C)c2ccccc2-c2ccc(N(c3ccccc3-c3ccccc3)c3cccc4c3oc3c(N(c5ccc(-c6ccccc6)cc5)c5ccc6oc7ccccc7c6c5)cccc34)cc21. The van der Waals surface area contributed by atoms with E-state index in [-0.39, 0.29) is 5.41 Å². The van der Waals surface area contributed by atoms with E-state index in [0.717, 1.165) is 94.7 Å². The fourth-order valence-corrected chi connectivity index (χ4v) is 10.6. The molecule has 0 radical (unpaired) electrons. The second kappa shape index (κ2) is 15.3. The molecule has 0 spiro atoms. The zero-order valence-electron chi connectivity index (χ0n) is 37.2. The number of nitrogens with zero attached hydrogens (tertiary/aromatic N) is 2. The number of anilines is 6. The van der Waals surface area contributed by atoms with Crippen molar-refractivity contribution < 1.29 is 8.83 Å². The number of benzene rings is 10. The Kier molecular flexibility index (Phi) is 8.84. The molecule has 1 aliphatic rings. The maximum Gasteiger partial charge on any atom is 0.159 e. The van der Waals surface area contributed by atoms with Gasteiger partial charge in [0.2, 0.25) is 0 Å². The van der Waals surface area contributed by atoms with Crippen LogP contribution in [0.2, 0.25) is 0 Å². The normalized spacial score (nSPS) is 12.7. The Labute approximate surface area is 389 Å². The topological polar surface area (TPSA) is 32.8 Å². The number of fused-ring (bicyclic) bond motifs is 9. The Hall–Kier alpha value is -8.60. The maximum absolute atomic E-state index is 7.43. The van der Waals surface area contributed by atoms with E-state index in [1.807, 2.05) is 12.1 Å². The zero-order chi connectivity index (χ0) is 44.6. The van der Waals surface area contributed by atoms with Gasteiger partial charge in [-0.2, -0.15) is 0 Å². The largest absolute Gasteiger partial charge is 0.456 e. The van der Waals surface area contributed by atoms with Gasteiger partial charge in [0.15, 0.2) is 11.2 Å². The van der Waals surface area contributed by atoms with Crippen molar-refractivity contribution in [3.63, 3.8) is 0 Å². The highest BCUT2D eigenvalue weighted by Gasteiger charge is 2.36. The van der Waals surface area contributed by atoms with Crippen LogP contribution in [0, 0.1) is 0 Å². The van der Waals surface area contributed by atoms with Gasteiger partial charge in [-0.25, -0.2) is 0 Å². The lowest BCUT2D eigenvalue weighted by Gasteiger charge is -2.29. The van der Waals surface area contributed by atoms with Gasteiger partial charge in [-0.15, -0.1) is 0 Å². The molecule has 2 heterocycles. The van der Waals surface area contributed by atoms with Crippen molar-refractivity contribution in [3.05, 3.63) is 242 Å². The minimum Gasteiger partial charge on any atom is -0.456 e. The standard InChI is InChI=1S/C63H44N2O2/c1-63(2)54-26-12-9-22-48(54)49-37-35-46(40-55(49)63)65(56-27-13-10-21-47(56)43-19-7-4-8-20-43)58-29-16-25-52-51-24-15-28-57(61(51)67-62(52)58)64(44-33-31-42(32-34-44)41-17-5-3-6-18-41)45-36-38-60-53(39-45)50-23-11-14-30-59(50)66-60/h3-40H,1-2H3. The first-order valence-corrected chi connectivity index (χ1v) is 23.0. The van der Waals surface area contributed by atoms with E-state index < -0.39 is 0 Å². The summed E-state index contributed by atoms with van der Waals surface area (Å²) < 4.78 is 13.8. The molecular weight excluding hydrogens is 817 g/mol.